The molecule has 0 fully saturated rings. The van der Waals surface area contributed by atoms with Gasteiger partial charge in [0.25, 0.3) is 0 Å². The van der Waals surface area contributed by atoms with Gasteiger partial charge in [0.05, 0.1) is 16.8 Å². The average molecular weight is 420 g/mol. The third-order valence-electron chi connectivity index (χ3n) is 5.19. The van der Waals surface area contributed by atoms with Gasteiger partial charge in [-0.05, 0) is 47.5 Å². The van der Waals surface area contributed by atoms with E-state index in [0.717, 1.165) is 34.5 Å². The maximum atomic E-state index is 13.0. The minimum atomic E-state index is -4.48. The average Bonchev–Trinajstić information content (AvgIpc) is 2.77. The van der Waals surface area contributed by atoms with Crippen LogP contribution < -0.4 is 4.90 Å². The zero-order chi connectivity index (χ0) is 22.2. The number of hydrogen-bond donors (Lipinski definition) is 0. The van der Waals surface area contributed by atoms with Crippen molar-refractivity contribution in [1.29, 1.82) is 0 Å². The highest BCUT2D eigenvalue weighted by Crippen LogP contribution is 2.33. The molecule has 3 aromatic carbocycles. The first kappa shape index (κ1) is 20.6. The number of carbonyl (C=O) groups is 1. The monoisotopic (exact) mass is 420 g/mol. The number of carbonyl (C=O) groups excluding carboxylic acids is 1. The number of aromatic nitrogens is 1. The molecular weight excluding hydrogens is 401 g/mol. The van der Waals surface area contributed by atoms with Gasteiger partial charge >= 0.3 is 6.18 Å². The summed E-state index contributed by atoms with van der Waals surface area (Å²) in [5.74, 6) is 0. The minimum Gasteiger partial charge on any atom is -0.378 e. The van der Waals surface area contributed by atoms with Gasteiger partial charge in [-0.3, -0.25) is 4.79 Å². The summed E-state index contributed by atoms with van der Waals surface area (Å²) in [5.41, 5.74) is 4.23. The van der Waals surface area contributed by atoms with E-state index in [-0.39, 0.29) is 10.9 Å². The predicted molar refractivity (Wildman–Crippen MR) is 117 cm³/mol. The maximum absolute atomic E-state index is 13.0. The van der Waals surface area contributed by atoms with Gasteiger partial charge in [-0.15, -0.1) is 0 Å². The number of anilines is 1. The summed E-state index contributed by atoms with van der Waals surface area (Å²) in [7, 11) is 3.97. The molecule has 0 N–H and O–H groups in total. The molecule has 31 heavy (non-hydrogen) atoms. The van der Waals surface area contributed by atoms with Gasteiger partial charge in [0.15, 0.2) is 6.29 Å². The van der Waals surface area contributed by atoms with Gasteiger partial charge in [0.2, 0.25) is 0 Å². The van der Waals surface area contributed by atoms with Crippen molar-refractivity contribution >= 4 is 22.9 Å². The Balaban J connectivity index is 1.70. The lowest BCUT2D eigenvalue weighted by Gasteiger charge is -2.13. The van der Waals surface area contributed by atoms with E-state index in [1.54, 1.807) is 0 Å². The Morgan fingerprint density at radius 3 is 1.94 bits per heavy atom. The topological polar surface area (TPSA) is 33.2 Å². The zero-order valence-corrected chi connectivity index (χ0v) is 16.9. The van der Waals surface area contributed by atoms with Crippen molar-refractivity contribution in [1.82, 2.24) is 4.98 Å². The number of aldehydes is 1. The third-order valence-corrected chi connectivity index (χ3v) is 5.19. The molecule has 0 unspecified atom stereocenters. The van der Waals surface area contributed by atoms with Crippen molar-refractivity contribution in [2.45, 2.75) is 6.18 Å². The van der Waals surface area contributed by atoms with Crippen molar-refractivity contribution in [2.75, 3.05) is 19.0 Å². The molecule has 1 aromatic heterocycles. The summed E-state index contributed by atoms with van der Waals surface area (Å²) in [6.07, 6.45) is -3.91. The number of halogens is 3. The van der Waals surface area contributed by atoms with Gasteiger partial charge in [-0.25, -0.2) is 4.98 Å². The Kier molecular flexibility index (Phi) is 5.23. The van der Waals surface area contributed by atoms with Crippen LogP contribution in [0.5, 0.6) is 0 Å². The predicted octanol–water partition coefficient (Wildman–Crippen LogP) is 6.47. The summed E-state index contributed by atoms with van der Waals surface area (Å²) in [5, 5.41) is 0.186. The number of rotatable bonds is 4. The van der Waals surface area contributed by atoms with E-state index in [4.69, 9.17) is 0 Å². The summed E-state index contributed by atoms with van der Waals surface area (Å²) in [4.78, 5) is 18.1. The molecule has 0 aliphatic heterocycles. The van der Waals surface area contributed by atoms with Crippen molar-refractivity contribution in [3.8, 4) is 22.4 Å². The molecule has 6 heteroatoms. The Morgan fingerprint density at radius 2 is 1.39 bits per heavy atom. The van der Waals surface area contributed by atoms with Crippen LogP contribution in [0, 0.1) is 0 Å². The minimum absolute atomic E-state index is 0.175. The highest BCUT2D eigenvalue weighted by atomic mass is 19.4. The van der Waals surface area contributed by atoms with E-state index < -0.39 is 11.7 Å². The smallest absolute Gasteiger partial charge is 0.378 e. The van der Waals surface area contributed by atoms with Gasteiger partial charge in [0.1, 0.15) is 0 Å². The molecule has 0 aliphatic rings. The number of alkyl halides is 3. The lowest BCUT2D eigenvalue weighted by molar-refractivity contribution is -0.137. The molecule has 0 saturated heterocycles. The fourth-order valence-corrected chi connectivity index (χ4v) is 3.46. The van der Waals surface area contributed by atoms with Gasteiger partial charge in [-0.1, -0.05) is 36.4 Å². The molecule has 0 saturated carbocycles. The van der Waals surface area contributed by atoms with Crippen LogP contribution in [0.2, 0.25) is 0 Å². The molecule has 0 radical (unpaired) electrons. The molecule has 1 heterocycles. The standard InChI is InChI=1S/C25H19F3N2O/c1-30(2)21-10-7-17(8-11-21)16-3-5-18(6-4-16)24-13-19(15-31)22-14-20(25(26,27)28)9-12-23(22)29-24/h3-15H,1-2H3. The first-order valence-electron chi connectivity index (χ1n) is 9.61. The van der Waals surface area contributed by atoms with Crippen LogP contribution in [0.15, 0.2) is 72.8 Å². The lowest BCUT2D eigenvalue weighted by Crippen LogP contribution is -2.07. The number of hydrogen-bond acceptors (Lipinski definition) is 3. The Labute approximate surface area is 177 Å². The first-order chi connectivity index (χ1) is 14.8. The van der Waals surface area contributed by atoms with Crippen LogP contribution in [0.3, 0.4) is 0 Å². The van der Waals surface area contributed by atoms with E-state index in [9.17, 15) is 18.0 Å². The third kappa shape index (κ3) is 4.14. The Morgan fingerprint density at radius 1 is 0.806 bits per heavy atom. The molecule has 4 rings (SSSR count). The Hall–Kier alpha value is -3.67. The highest BCUT2D eigenvalue weighted by molar-refractivity contribution is 5.98. The molecule has 0 atom stereocenters. The number of fused-ring (bicyclic) bond motifs is 1. The maximum Gasteiger partial charge on any atom is 0.416 e. The fourth-order valence-electron chi connectivity index (χ4n) is 3.46. The van der Waals surface area contributed by atoms with E-state index >= 15 is 0 Å². The normalized spacial score (nSPS) is 11.5. The number of benzene rings is 3. The van der Waals surface area contributed by atoms with E-state index in [2.05, 4.69) is 4.98 Å². The van der Waals surface area contributed by atoms with Crippen molar-refractivity contribution in [3.63, 3.8) is 0 Å². The van der Waals surface area contributed by atoms with E-state index in [1.807, 2.05) is 67.5 Å². The lowest BCUT2D eigenvalue weighted by atomic mass is 10.00. The van der Waals surface area contributed by atoms with Crippen LogP contribution in [0.4, 0.5) is 18.9 Å². The van der Waals surface area contributed by atoms with Crippen molar-refractivity contribution in [2.24, 2.45) is 0 Å². The van der Waals surface area contributed by atoms with Crippen LogP contribution in [0.1, 0.15) is 15.9 Å². The van der Waals surface area contributed by atoms with Crippen LogP contribution in [0.25, 0.3) is 33.3 Å². The molecular formula is C25H19F3N2O. The van der Waals surface area contributed by atoms with E-state index in [1.165, 1.54) is 12.1 Å². The summed E-state index contributed by atoms with van der Waals surface area (Å²) < 4.78 is 39.1. The van der Waals surface area contributed by atoms with Crippen molar-refractivity contribution in [3.05, 3.63) is 83.9 Å². The van der Waals surface area contributed by atoms with Gasteiger partial charge < -0.3 is 4.90 Å². The van der Waals surface area contributed by atoms with E-state index in [0.29, 0.717) is 17.5 Å². The zero-order valence-electron chi connectivity index (χ0n) is 16.9. The van der Waals surface area contributed by atoms with Crippen LogP contribution >= 0.6 is 0 Å². The number of nitrogens with zero attached hydrogens (tertiary/aromatic N) is 2. The second-order valence-electron chi connectivity index (χ2n) is 7.46. The Bertz CT molecular complexity index is 1240. The van der Waals surface area contributed by atoms with Gasteiger partial charge in [0, 0.05) is 36.3 Å². The molecule has 4 aromatic rings. The molecule has 0 bridgehead atoms. The molecule has 0 spiro atoms. The molecule has 0 aliphatic carbocycles. The molecule has 0 amide bonds. The van der Waals surface area contributed by atoms with Gasteiger partial charge in [-0.2, -0.15) is 13.2 Å². The first-order valence-corrected chi connectivity index (χ1v) is 9.61. The van der Waals surface area contributed by atoms with Crippen molar-refractivity contribution < 1.29 is 18.0 Å². The molecule has 3 nitrogen and oxygen atoms in total. The second kappa shape index (κ2) is 7.87. The number of pyridine rings is 1. The quantitative estimate of drug-likeness (QED) is 0.355. The second-order valence-corrected chi connectivity index (χ2v) is 7.46. The molecule has 156 valence electrons. The van der Waals surface area contributed by atoms with Crippen LogP contribution in [-0.2, 0) is 6.18 Å². The van der Waals surface area contributed by atoms with Crippen LogP contribution in [-0.4, -0.2) is 25.4 Å². The largest absolute Gasteiger partial charge is 0.416 e. The summed E-state index contributed by atoms with van der Waals surface area (Å²) in [6.45, 7) is 0. The summed E-state index contributed by atoms with van der Waals surface area (Å²) >= 11 is 0. The fraction of sp³-hybridized carbons (Fsp3) is 0.120. The SMILES string of the molecule is CN(C)c1ccc(-c2ccc(-c3cc(C=O)c4cc(C(F)(F)F)ccc4n3)cc2)cc1. The highest BCUT2D eigenvalue weighted by Gasteiger charge is 2.30. The summed E-state index contributed by atoms with van der Waals surface area (Å²) in [6, 6.07) is 20.6.